The van der Waals surface area contributed by atoms with Crippen LogP contribution in [0.3, 0.4) is 0 Å². The van der Waals surface area contributed by atoms with Crippen LogP contribution in [0.25, 0.3) is 10.8 Å². The number of amides is 1. The highest BCUT2D eigenvalue weighted by Gasteiger charge is 2.44. The van der Waals surface area contributed by atoms with Crippen molar-refractivity contribution in [2.75, 3.05) is 11.1 Å². The summed E-state index contributed by atoms with van der Waals surface area (Å²) in [6.07, 6.45) is -9.60. The number of alkyl halides is 6. The largest absolute Gasteiger partial charge is 0.437 e. The standard InChI is InChI=1S/C23H14F6N4O2/c24-22(25,26)15-10-17(32-20(34)14-7-3-5-12-4-1-2-6-13(12)14)18(11-16(15)23(27,28)29)35-19-8-9-31-21(30)33-19/h1-11H,(H,32,34)(H2,30,31,33). The van der Waals surface area contributed by atoms with Crippen molar-refractivity contribution < 1.29 is 35.9 Å². The van der Waals surface area contributed by atoms with Gasteiger partial charge in [0, 0.05) is 17.8 Å². The number of carbonyl (C=O) groups excluding carboxylic acids is 1. The van der Waals surface area contributed by atoms with Crippen LogP contribution in [-0.4, -0.2) is 15.9 Å². The van der Waals surface area contributed by atoms with Crippen molar-refractivity contribution in [3.63, 3.8) is 0 Å². The van der Waals surface area contributed by atoms with Crippen LogP contribution in [0.5, 0.6) is 11.6 Å². The number of hydrogen-bond donors (Lipinski definition) is 2. The summed E-state index contributed by atoms with van der Waals surface area (Å²) in [5.74, 6) is -2.21. The van der Waals surface area contributed by atoms with Crippen LogP contribution < -0.4 is 15.8 Å². The predicted octanol–water partition coefficient (Wildman–Crippen LogP) is 6.29. The van der Waals surface area contributed by atoms with E-state index in [2.05, 4.69) is 15.3 Å². The number of nitrogens with two attached hydrogens (primary N) is 1. The molecule has 0 radical (unpaired) electrons. The van der Waals surface area contributed by atoms with Gasteiger partial charge in [-0.1, -0.05) is 36.4 Å². The lowest BCUT2D eigenvalue weighted by atomic mass is 10.0. The van der Waals surface area contributed by atoms with Gasteiger partial charge < -0.3 is 15.8 Å². The fraction of sp³-hybridized carbons (Fsp3) is 0.0870. The highest BCUT2D eigenvalue weighted by Crippen LogP contribution is 2.45. The van der Waals surface area contributed by atoms with Crippen LogP contribution in [0.4, 0.5) is 38.0 Å². The average molecular weight is 492 g/mol. The zero-order chi connectivity index (χ0) is 25.4. The molecule has 35 heavy (non-hydrogen) atoms. The van der Waals surface area contributed by atoms with Gasteiger partial charge in [0.2, 0.25) is 11.8 Å². The second-order valence-electron chi connectivity index (χ2n) is 7.23. The summed E-state index contributed by atoms with van der Waals surface area (Å²) in [4.78, 5) is 20.3. The zero-order valence-corrected chi connectivity index (χ0v) is 17.4. The van der Waals surface area contributed by atoms with E-state index in [1.165, 1.54) is 6.07 Å². The Balaban J connectivity index is 1.85. The van der Waals surface area contributed by atoms with Crippen LogP contribution >= 0.6 is 0 Å². The Labute approximate surface area is 193 Å². The monoisotopic (exact) mass is 492 g/mol. The summed E-state index contributed by atoms with van der Waals surface area (Å²) in [6, 6.07) is 12.9. The molecule has 1 amide bonds. The molecule has 0 fully saturated rings. The van der Waals surface area contributed by atoms with Crippen molar-refractivity contribution in [2.24, 2.45) is 0 Å². The second-order valence-corrected chi connectivity index (χ2v) is 7.23. The third-order valence-corrected chi connectivity index (χ3v) is 4.88. The van der Waals surface area contributed by atoms with Crippen molar-refractivity contribution >= 4 is 28.3 Å². The van der Waals surface area contributed by atoms with Gasteiger partial charge in [0.05, 0.1) is 16.8 Å². The Morgan fingerprint density at radius 3 is 2.23 bits per heavy atom. The van der Waals surface area contributed by atoms with E-state index >= 15 is 0 Å². The molecule has 180 valence electrons. The number of fused-ring (bicyclic) bond motifs is 1. The maximum absolute atomic E-state index is 13.5. The van der Waals surface area contributed by atoms with Crippen molar-refractivity contribution in [3.8, 4) is 11.6 Å². The molecule has 6 nitrogen and oxygen atoms in total. The number of rotatable bonds is 4. The van der Waals surface area contributed by atoms with Gasteiger partial charge in [-0.25, -0.2) is 4.98 Å². The van der Waals surface area contributed by atoms with Crippen LogP contribution in [0.1, 0.15) is 21.5 Å². The number of nitrogens with one attached hydrogen (secondary N) is 1. The van der Waals surface area contributed by atoms with Crippen molar-refractivity contribution in [3.05, 3.63) is 83.6 Å². The molecular formula is C23H14F6N4O2. The molecule has 4 rings (SSSR count). The Morgan fingerprint density at radius 2 is 1.54 bits per heavy atom. The van der Waals surface area contributed by atoms with E-state index in [0.29, 0.717) is 10.8 Å². The first-order chi connectivity index (χ1) is 16.4. The minimum Gasteiger partial charge on any atom is -0.437 e. The molecule has 0 atom stereocenters. The number of aromatic nitrogens is 2. The topological polar surface area (TPSA) is 90.1 Å². The van der Waals surface area contributed by atoms with E-state index in [4.69, 9.17) is 10.5 Å². The van der Waals surface area contributed by atoms with E-state index in [0.717, 1.165) is 12.3 Å². The molecule has 0 saturated carbocycles. The third kappa shape index (κ3) is 5.10. The molecule has 0 bridgehead atoms. The first-order valence-electron chi connectivity index (χ1n) is 9.81. The summed E-state index contributed by atoms with van der Waals surface area (Å²) in [7, 11) is 0. The van der Waals surface area contributed by atoms with Gasteiger partial charge in [-0.2, -0.15) is 31.3 Å². The third-order valence-electron chi connectivity index (χ3n) is 4.88. The molecule has 1 aromatic heterocycles. The minimum absolute atomic E-state index is 0.0915. The zero-order valence-electron chi connectivity index (χ0n) is 17.4. The molecule has 4 aromatic rings. The highest BCUT2D eigenvalue weighted by atomic mass is 19.4. The SMILES string of the molecule is Nc1nccc(Oc2cc(C(F)(F)F)c(C(F)(F)F)cc2NC(=O)c2cccc3ccccc23)n1. The van der Waals surface area contributed by atoms with Crippen LogP contribution in [0, 0.1) is 0 Å². The molecule has 1 heterocycles. The van der Waals surface area contributed by atoms with Gasteiger partial charge in [-0.3, -0.25) is 4.79 Å². The fourth-order valence-corrected chi connectivity index (χ4v) is 3.37. The van der Waals surface area contributed by atoms with Crippen LogP contribution in [0.2, 0.25) is 0 Å². The maximum Gasteiger partial charge on any atom is 0.417 e. The van der Waals surface area contributed by atoms with E-state index in [1.807, 2.05) is 0 Å². The van der Waals surface area contributed by atoms with Gasteiger partial charge in [0.25, 0.3) is 5.91 Å². The lowest BCUT2D eigenvalue weighted by molar-refractivity contribution is -0.162. The quantitative estimate of drug-likeness (QED) is 0.327. The Kier molecular flexibility index (Phi) is 5.97. The Bertz CT molecular complexity index is 1410. The molecule has 0 spiro atoms. The first kappa shape index (κ1) is 23.8. The maximum atomic E-state index is 13.5. The van der Waals surface area contributed by atoms with Crippen LogP contribution in [0.15, 0.2) is 66.9 Å². The van der Waals surface area contributed by atoms with E-state index in [-0.39, 0.29) is 29.5 Å². The molecule has 12 heteroatoms. The Hall–Kier alpha value is -4.35. The second kappa shape index (κ2) is 8.78. The molecule has 0 aliphatic carbocycles. The summed E-state index contributed by atoms with van der Waals surface area (Å²) in [5.41, 5.74) is 0.891. The molecule has 0 aliphatic rings. The van der Waals surface area contributed by atoms with E-state index < -0.39 is 40.8 Å². The number of nitrogens with zero attached hydrogens (tertiary/aromatic N) is 2. The number of carbonyl (C=O) groups is 1. The lowest BCUT2D eigenvalue weighted by Gasteiger charge is -2.20. The molecule has 0 unspecified atom stereocenters. The van der Waals surface area contributed by atoms with Crippen molar-refractivity contribution in [1.82, 2.24) is 9.97 Å². The van der Waals surface area contributed by atoms with E-state index in [1.54, 1.807) is 36.4 Å². The van der Waals surface area contributed by atoms with Crippen LogP contribution in [-0.2, 0) is 12.4 Å². The van der Waals surface area contributed by atoms with Crippen molar-refractivity contribution in [2.45, 2.75) is 12.4 Å². The smallest absolute Gasteiger partial charge is 0.417 e. The van der Waals surface area contributed by atoms with Gasteiger partial charge in [0.1, 0.15) is 0 Å². The van der Waals surface area contributed by atoms with Gasteiger partial charge in [-0.05, 0) is 29.0 Å². The normalized spacial score (nSPS) is 11.9. The molecule has 0 saturated heterocycles. The number of halogens is 6. The average Bonchev–Trinajstić information content (AvgIpc) is 2.78. The number of hydrogen-bond acceptors (Lipinski definition) is 5. The Morgan fingerprint density at radius 1 is 0.886 bits per heavy atom. The minimum atomic E-state index is -5.37. The number of anilines is 2. The van der Waals surface area contributed by atoms with Gasteiger partial charge in [0.15, 0.2) is 5.75 Å². The molecular weight excluding hydrogens is 478 g/mol. The molecule has 0 aliphatic heterocycles. The summed E-state index contributed by atoms with van der Waals surface area (Å²) < 4.78 is 86.5. The van der Waals surface area contributed by atoms with Crippen molar-refractivity contribution in [1.29, 1.82) is 0 Å². The molecule has 3 aromatic carbocycles. The highest BCUT2D eigenvalue weighted by molar-refractivity contribution is 6.13. The number of nitrogen functional groups attached to an aromatic ring is 1. The summed E-state index contributed by atoms with van der Waals surface area (Å²) in [6.45, 7) is 0. The predicted molar refractivity (Wildman–Crippen MR) is 115 cm³/mol. The number of benzene rings is 3. The lowest BCUT2D eigenvalue weighted by Crippen LogP contribution is -2.19. The van der Waals surface area contributed by atoms with Gasteiger partial charge in [-0.15, -0.1) is 0 Å². The fourth-order valence-electron chi connectivity index (χ4n) is 3.37. The first-order valence-corrected chi connectivity index (χ1v) is 9.81. The van der Waals surface area contributed by atoms with Gasteiger partial charge >= 0.3 is 12.4 Å². The number of ether oxygens (including phenoxy) is 1. The summed E-state index contributed by atoms with van der Waals surface area (Å²) >= 11 is 0. The van der Waals surface area contributed by atoms with E-state index in [9.17, 15) is 31.1 Å². The summed E-state index contributed by atoms with van der Waals surface area (Å²) in [5, 5.41) is 3.40. The molecule has 3 N–H and O–H groups in total.